The summed E-state index contributed by atoms with van der Waals surface area (Å²) in [5, 5.41) is 3.13. The lowest BCUT2D eigenvalue weighted by molar-refractivity contribution is 0.0505. The van der Waals surface area contributed by atoms with Gasteiger partial charge in [-0.2, -0.15) is 0 Å². The van der Waals surface area contributed by atoms with Crippen LogP contribution in [0.3, 0.4) is 0 Å². The maximum Gasteiger partial charge on any atom is 0.408 e. The van der Waals surface area contributed by atoms with E-state index in [0.29, 0.717) is 10.9 Å². The van der Waals surface area contributed by atoms with Crippen molar-refractivity contribution in [3.63, 3.8) is 0 Å². The van der Waals surface area contributed by atoms with E-state index in [-0.39, 0.29) is 5.89 Å². The number of nitrogens with zero attached hydrogens (tertiary/aromatic N) is 1. The first kappa shape index (κ1) is 17.7. The predicted octanol–water partition coefficient (Wildman–Crippen LogP) is 3.80. The summed E-state index contributed by atoms with van der Waals surface area (Å²) < 4.78 is 10.7. The van der Waals surface area contributed by atoms with Crippen LogP contribution in [0.5, 0.6) is 0 Å². The number of aromatic nitrogens is 1. The fraction of sp³-hybridized carbons (Fsp3) is 0.250. The Bertz CT molecular complexity index is 974. The van der Waals surface area contributed by atoms with Gasteiger partial charge >= 0.3 is 11.7 Å². The molecule has 134 valence electrons. The quantitative estimate of drug-likeness (QED) is 0.775. The van der Waals surface area contributed by atoms with Gasteiger partial charge < -0.3 is 14.5 Å². The molecule has 6 heteroatoms. The molecule has 1 aromatic heterocycles. The highest BCUT2D eigenvalue weighted by atomic mass is 16.6. The number of benzene rings is 2. The summed E-state index contributed by atoms with van der Waals surface area (Å²) in [6.07, 6.45) is -0.621. The Labute approximate surface area is 150 Å². The van der Waals surface area contributed by atoms with E-state index in [2.05, 4.69) is 10.3 Å². The van der Waals surface area contributed by atoms with Crippen LogP contribution in [-0.2, 0) is 4.74 Å². The molecular formula is C20H20N2O4. The van der Waals surface area contributed by atoms with Crippen molar-refractivity contribution < 1.29 is 13.9 Å². The highest BCUT2D eigenvalue weighted by Crippen LogP contribution is 2.22. The summed E-state index contributed by atoms with van der Waals surface area (Å²) >= 11 is 0. The van der Waals surface area contributed by atoms with Crippen LogP contribution in [0.2, 0.25) is 0 Å². The molecule has 2 aromatic carbocycles. The first-order valence-corrected chi connectivity index (χ1v) is 8.28. The smallest absolute Gasteiger partial charge is 0.408 e. The number of hydrogen-bond donors (Lipinski definition) is 1. The molecule has 0 saturated carbocycles. The summed E-state index contributed by atoms with van der Waals surface area (Å²) in [7, 11) is 0. The molecule has 26 heavy (non-hydrogen) atoms. The Morgan fingerprint density at radius 2 is 1.73 bits per heavy atom. The Kier molecular flexibility index (Phi) is 4.75. The molecule has 6 nitrogen and oxygen atoms in total. The van der Waals surface area contributed by atoms with Crippen LogP contribution in [0.25, 0.3) is 10.9 Å². The topological polar surface area (TPSA) is 81.4 Å². The zero-order valence-corrected chi connectivity index (χ0v) is 14.9. The zero-order valence-electron chi connectivity index (χ0n) is 14.9. The Balaban J connectivity index is 2.04. The van der Waals surface area contributed by atoms with Crippen LogP contribution in [0.15, 0.2) is 63.8 Å². The second-order valence-electron chi connectivity index (χ2n) is 6.85. The van der Waals surface area contributed by atoms with E-state index in [0.717, 1.165) is 5.56 Å². The molecule has 0 aliphatic rings. The Hall–Kier alpha value is -3.15. The largest absolute Gasteiger partial charge is 0.444 e. The average molecular weight is 352 g/mol. The van der Waals surface area contributed by atoms with Crippen molar-refractivity contribution in [2.75, 3.05) is 0 Å². The first-order chi connectivity index (χ1) is 12.3. The van der Waals surface area contributed by atoms with Crippen LogP contribution < -0.4 is 10.9 Å². The Morgan fingerprint density at radius 3 is 2.42 bits per heavy atom. The summed E-state index contributed by atoms with van der Waals surface area (Å²) in [5.41, 5.74) is 0.0793. The average Bonchev–Trinajstić information content (AvgIpc) is 2.59. The van der Waals surface area contributed by atoms with Crippen LogP contribution in [-0.4, -0.2) is 16.7 Å². The SMILES string of the molecule is CC(C)(C)OC(=O)NC(c1ccccc1)c1nc2ccccc2c(=O)o1. The number of carbonyl (C=O) groups excluding carboxylic acids is 1. The van der Waals surface area contributed by atoms with E-state index in [1.807, 2.05) is 30.3 Å². The lowest BCUT2D eigenvalue weighted by Gasteiger charge is -2.23. The lowest BCUT2D eigenvalue weighted by atomic mass is 10.1. The monoisotopic (exact) mass is 352 g/mol. The number of ether oxygens (including phenoxy) is 1. The fourth-order valence-electron chi connectivity index (χ4n) is 2.52. The lowest BCUT2D eigenvalue weighted by Crippen LogP contribution is -2.36. The van der Waals surface area contributed by atoms with Crippen molar-refractivity contribution in [1.29, 1.82) is 0 Å². The van der Waals surface area contributed by atoms with Crippen molar-refractivity contribution in [2.45, 2.75) is 32.4 Å². The maximum atomic E-state index is 12.3. The number of carbonyl (C=O) groups is 1. The van der Waals surface area contributed by atoms with Crippen molar-refractivity contribution in [3.8, 4) is 0 Å². The van der Waals surface area contributed by atoms with Crippen molar-refractivity contribution >= 4 is 17.0 Å². The first-order valence-electron chi connectivity index (χ1n) is 8.28. The number of para-hydroxylation sites is 1. The van der Waals surface area contributed by atoms with Crippen LogP contribution >= 0.6 is 0 Å². The third kappa shape index (κ3) is 4.08. The molecule has 1 amide bonds. The highest BCUT2D eigenvalue weighted by Gasteiger charge is 2.25. The molecule has 1 N–H and O–H groups in total. The number of rotatable bonds is 3. The van der Waals surface area contributed by atoms with Gasteiger partial charge in [-0.3, -0.25) is 0 Å². The predicted molar refractivity (Wildman–Crippen MR) is 97.9 cm³/mol. The van der Waals surface area contributed by atoms with Gasteiger partial charge in [-0.05, 0) is 38.5 Å². The minimum absolute atomic E-state index is 0.103. The van der Waals surface area contributed by atoms with E-state index in [1.165, 1.54) is 0 Å². The molecule has 0 aliphatic carbocycles. The molecule has 3 aromatic rings. The van der Waals surface area contributed by atoms with Crippen molar-refractivity contribution in [3.05, 3.63) is 76.5 Å². The van der Waals surface area contributed by atoms with E-state index < -0.39 is 23.4 Å². The van der Waals surface area contributed by atoms with Gasteiger partial charge in [0.2, 0.25) is 5.89 Å². The standard InChI is InChI=1S/C20H20N2O4/c1-20(2,3)26-19(24)22-16(13-9-5-4-6-10-13)17-21-15-12-8-7-11-14(15)18(23)25-17/h4-12,16H,1-3H3,(H,22,24). The number of alkyl carbamates (subject to hydrolysis) is 1. The molecule has 1 heterocycles. The van der Waals surface area contributed by atoms with Gasteiger partial charge in [-0.15, -0.1) is 0 Å². The van der Waals surface area contributed by atoms with Crippen LogP contribution in [0, 0.1) is 0 Å². The third-order valence-electron chi connectivity index (χ3n) is 3.59. The molecule has 1 unspecified atom stereocenters. The minimum atomic E-state index is -0.747. The summed E-state index contributed by atoms with van der Waals surface area (Å²) in [5.74, 6) is 0.103. The molecular weight excluding hydrogens is 332 g/mol. The summed E-state index contributed by atoms with van der Waals surface area (Å²) in [6, 6.07) is 15.3. The highest BCUT2D eigenvalue weighted by molar-refractivity contribution is 5.77. The zero-order chi connectivity index (χ0) is 18.7. The number of nitrogens with one attached hydrogen (secondary N) is 1. The van der Waals surface area contributed by atoms with E-state index >= 15 is 0 Å². The third-order valence-corrected chi connectivity index (χ3v) is 3.59. The van der Waals surface area contributed by atoms with Crippen LogP contribution in [0.4, 0.5) is 4.79 Å². The molecule has 1 atom stereocenters. The molecule has 0 radical (unpaired) electrons. The van der Waals surface area contributed by atoms with Crippen molar-refractivity contribution in [2.24, 2.45) is 0 Å². The fourth-order valence-corrected chi connectivity index (χ4v) is 2.52. The van der Waals surface area contributed by atoms with Gasteiger partial charge in [-0.25, -0.2) is 14.6 Å². The second-order valence-corrected chi connectivity index (χ2v) is 6.85. The second kappa shape index (κ2) is 7.00. The summed E-state index contributed by atoms with van der Waals surface area (Å²) in [6.45, 7) is 5.33. The molecule has 0 spiro atoms. The van der Waals surface area contributed by atoms with E-state index in [4.69, 9.17) is 9.15 Å². The van der Waals surface area contributed by atoms with Gasteiger partial charge in [0.25, 0.3) is 0 Å². The molecule has 0 fully saturated rings. The van der Waals surface area contributed by atoms with Crippen molar-refractivity contribution in [1.82, 2.24) is 10.3 Å². The number of amides is 1. The number of hydrogen-bond acceptors (Lipinski definition) is 5. The van der Waals surface area contributed by atoms with Gasteiger partial charge in [-0.1, -0.05) is 42.5 Å². The van der Waals surface area contributed by atoms with Gasteiger partial charge in [0.1, 0.15) is 11.6 Å². The minimum Gasteiger partial charge on any atom is -0.444 e. The molecule has 0 aliphatic heterocycles. The van der Waals surface area contributed by atoms with E-state index in [9.17, 15) is 9.59 Å². The Morgan fingerprint density at radius 1 is 1.08 bits per heavy atom. The number of fused-ring (bicyclic) bond motifs is 1. The molecule has 0 bridgehead atoms. The van der Waals surface area contributed by atoms with E-state index in [1.54, 1.807) is 45.0 Å². The maximum absolute atomic E-state index is 12.3. The molecule has 3 rings (SSSR count). The summed E-state index contributed by atoms with van der Waals surface area (Å²) in [4.78, 5) is 29.0. The van der Waals surface area contributed by atoms with Gasteiger partial charge in [0.15, 0.2) is 0 Å². The van der Waals surface area contributed by atoms with Crippen LogP contribution in [0.1, 0.15) is 38.3 Å². The molecule has 0 saturated heterocycles. The normalized spacial score (nSPS) is 12.6. The van der Waals surface area contributed by atoms with Gasteiger partial charge in [0, 0.05) is 0 Å². The van der Waals surface area contributed by atoms with Gasteiger partial charge in [0.05, 0.1) is 10.9 Å².